The van der Waals surface area contributed by atoms with Gasteiger partial charge in [0.15, 0.2) is 5.78 Å². The maximum atomic E-state index is 13.0. The summed E-state index contributed by atoms with van der Waals surface area (Å²) >= 11 is 0. The molecule has 0 atom stereocenters. The van der Waals surface area contributed by atoms with Gasteiger partial charge in [-0.3, -0.25) is 24.5 Å². The van der Waals surface area contributed by atoms with Crippen molar-refractivity contribution in [3.63, 3.8) is 0 Å². The number of nitrogens with zero attached hydrogens (tertiary/aromatic N) is 1. The smallest absolute Gasteiger partial charge is 0.294 e. The molecule has 0 aliphatic heterocycles. The molecule has 0 fully saturated rings. The number of amides is 1. The Morgan fingerprint density at radius 3 is 2.24 bits per heavy atom. The topological polar surface area (TPSA) is 106 Å². The van der Waals surface area contributed by atoms with Gasteiger partial charge in [-0.05, 0) is 36.8 Å². The number of carbonyl (C=O) groups excluding carboxylic acids is 3. The first-order valence-electron chi connectivity index (χ1n) is 8.76. The maximum Gasteiger partial charge on any atom is 0.294 e. The number of hydrogen-bond donors (Lipinski definition) is 1. The molecule has 142 valence electrons. The average molecular weight is 386 g/mol. The van der Waals surface area contributed by atoms with Gasteiger partial charge in [-0.25, -0.2) is 0 Å². The van der Waals surface area contributed by atoms with Crippen LogP contribution in [0.25, 0.3) is 0 Å². The standard InChI is InChI=1S/C22H14N2O5/c1-12-5-4-6-13(11-12)23-22(27)17-10-9-16-18(19(17)24(28)29)21(26)15-8-3-2-7-14(15)20(16)25/h2-11H,1H3,(H,23,27). The van der Waals surface area contributed by atoms with Gasteiger partial charge < -0.3 is 5.32 Å². The maximum absolute atomic E-state index is 13.0. The van der Waals surface area contributed by atoms with E-state index in [4.69, 9.17) is 0 Å². The summed E-state index contributed by atoms with van der Waals surface area (Å²) < 4.78 is 0. The molecule has 0 radical (unpaired) electrons. The summed E-state index contributed by atoms with van der Waals surface area (Å²) in [7, 11) is 0. The lowest BCUT2D eigenvalue weighted by Gasteiger charge is -2.18. The SMILES string of the molecule is Cc1cccc(NC(=O)c2ccc3c(c2[N+](=O)[O-])C(=O)c2ccccc2C3=O)c1. The van der Waals surface area contributed by atoms with Gasteiger partial charge in [-0.1, -0.05) is 36.4 Å². The summed E-state index contributed by atoms with van der Waals surface area (Å²) in [4.78, 5) is 49.5. The van der Waals surface area contributed by atoms with Crippen LogP contribution in [0.1, 0.15) is 47.8 Å². The Bertz CT molecular complexity index is 1230. The van der Waals surface area contributed by atoms with Crippen LogP contribution in [0.3, 0.4) is 0 Å². The second-order valence-corrected chi connectivity index (χ2v) is 6.67. The molecule has 0 saturated carbocycles. The van der Waals surface area contributed by atoms with Crippen LogP contribution in [0.4, 0.5) is 11.4 Å². The van der Waals surface area contributed by atoms with Gasteiger partial charge in [0.2, 0.25) is 5.78 Å². The second kappa shape index (κ2) is 6.79. The molecule has 4 rings (SSSR count). The molecular formula is C22H14N2O5. The number of fused-ring (bicyclic) bond motifs is 2. The number of carbonyl (C=O) groups is 3. The fourth-order valence-corrected chi connectivity index (χ4v) is 3.46. The van der Waals surface area contributed by atoms with Crippen LogP contribution in [0.2, 0.25) is 0 Å². The van der Waals surface area contributed by atoms with E-state index in [1.807, 2.05) is 13.0 Å². The van der Waals surface area contributed by atoms with E-state index in [0.717, 1.165) is 5.56 Å². The molecule has 0 unspecified atom stereocenters. The first-order valence-corrected chi connectivity index (χ1v) is 8.76. The van der Waals surface area contributed by atoms with Crippen molar-refractivity contribution in [2.24, 2.45) is 0 Å². The van der Waals surface area contributed by atoms with E-state index in [9.17, 15) is 24.5 Å². The van der Waals surface area contributed by atoms with Gasteiger partial charge in [0.05, 0.1) is 4.92 Å². The van der Waals surface area contributed by atoms with Crippen molar-refractivity contribution in [2.45, 2.75) is 6.92 Å². The van der Waals surface area contributed by atoms with E-state index >= 15 is 0 Å². The zero-order chi connectivity index (χ0) is 20.7. The predicted molar refractivity (Wildman–Crippen MR) is 106 cm³/mol. The molecule has 0 saturated heterocycles. The third kappa shape index (κ3) is 2.98. The zero-order valence-electron chi connectivity index (χ0n) is 15.3. The van der Waals surface area contributed by atoms with Crippen molar-refractivity contribution in [1.29, 1.82) is 0 Å². The normalized spacial score (nSPS) is 12.2. The van der Waals surface area contributed by atoms with Crippen molar-refractivity contribution in [1.82, 2.24) is 0 Å². The number of rotatable bonds is 3. The van der Waals surface area contributed by atoms with E-state index in [-0.39, 0.29) is 27.8 Å². The molecule has 0 bridgehead atoms. The minimum absolute atomic E-state index is 0.0764. The van der Waals surface area contributed by atoms with Crippen molar-refractivity contribution in [3.8, 4) is 0 Å². The highest BCUT2D eigenvalue weighted by molar-refractivity contribution is 6.30. The molecule has 0 aromatic heterocycles. The molecule has 1 N–H and O–H groups in total. The lowest BCUT2D eigenvalue weighted by Crippen LogP contribution is -2.24. The number of nitro benzene ring substituents is 1. The molecule has 0 heterocycles. The van der Waals surface area contributed by atoms with Crippen LogP contribution in [-0.4, -0.2) is 22.4 Å². The van der Waals surface area contributed by atoms with Crippen LogP contribution in [0, 0.1) is 17.0 Å². The Labute approximate surface area is 165 Å². The molecule has 7 nitrogen and oxygen atoms in total. The van der Waals surface area contributed by atoms with Crippen LogP contribution >= 0.6 is 0 Å². The Morgan fingerprint density at radius 1 is 0.897 bits per heavy atom. The van der Waals surface area contributed by atoms with Crippen molar-refractivity contribution in [2.75, 3.05) is 5.32 Å². The number of nitro groups is 1. The minimum Gasteiger partial charge on any atom is -0.322 e. The van der Waals surface area contributed by atoms with Crippen molar-refractivity contribution < 1.29 is 19.3 Å². The Kier molecular flexibility index (Phi) is 4.27. The van der Waals surface area contributed by atoms with E-state index in [1.165, 1.54) is 24.3 Å². The number of anilines is 1. The summed E-state index contributed by atoms with van der Waals surface area (Å²) in [5.74, 6) is -1.86. The van der Waals surface area contributed by atoms with Crippen LogP contribution in [0.15, 0.2) is 60.7 Å². The molecule has 29 heavy (non-hydrogen) atoms. The summed E-state index contributed by atoms with van der Waals surface area (Å²) in [5.41, 5.74) is 0.273. The molecule has 0 spiro atoms. The first-order chi connectivity index (χ1) is 13.9. The molecule has 1 amide bonds. The second-order valence-electron chi connectivity index (χ2n) is 6.67. The Morgan fingerprint density at radius 2 is 1.59 bits per heavy atom. The Balaban J connectivity index is 1.86. The van der Waals surface area contributed by atoms with Crippen LogP contribution in [0.5, 0.6) is 0 Å². The molecule has 1 aliphatic rings. The minimum atomic E-state index is -0.789. The third-order valence-corrected chi connectivity index (χ3v) is 4.77. The van der Waals surface area contributed by atoms with Crippen LogP contribution < -0.4 is 5.32 Å². The van der Waals surface area contributed by atoms with E-state index < -0.39 is 28.1 Å². The van der Waals surface area contributed by atoms with Gasteiger partial charge in [0, 0.05) is 22.4 Å². The number of nitrogens with one attached hydrogen (secondary N) is 1. The van der Waals surface area contributed by atoms with Gasteiger partial charge >= 0.3 is 0 Å². The monoisotopic (exact) mass is 386 g/mol. The summed E-state index contributed by atoms with van der Waals surface area (Å²) in [6, 6.07) is 15.6. The summed E-state index contributed by atoms with van der Waals surface area (Å²) in [6.07, 6.45) is 0. The number of benzene rings is 3. The highest BCUT2D eigenvalue weighted by Gasteiger charge is 2.38. The Hall–Kier alpha value is -4.13. The average Bonchev–Trinajstić information content (AvgIpc) is 2.71. The quantitative estimate of drug-likeness (QED) is 0.424. The van der Waals surface area contributed by atoms with Gasteiger partial charge in [-0.15, -0.1) is 0 Å². The van der Waals surface area contributed by atoms with E-state index in [1.54, 1.807) is 30.3 Å². The molecule has 1 aliphatic carbocycles. The number of aryl methyl sites for hydroxylation is 1. The fraction of sp³-hybridized carbons (Fsp3) is 0.0455. The highest BCUT2D eigenvalue weighted by atomic mass is 16.6. The molecular weight excluding hydrogens is 372 g/mol. The summed E-state index contributed by atoms with van der Waals surface area (Å²) in [5, 5.41) is 14.4. The van der Waals surface area contributed by atoms with Crippen molar-refractivity contribution >= 4 is 28.8 Å². The predicted octanol–water partition coefficient (Wildman–Crippen LogP) is 3.93. The number of hydrogen-bond acceptors (Lipinski definition) is 5. The van der Waals surface area contributed by atoms with Gasteiger partial charge in [-0.2, -0.15) is 0 Å². The lowest BCUT2D eigenvalue weighted by atomic mass is 9.82. The highest BCUT2D eigenvalue weighted by Crippen LogP contribution is 2.35. The van der Waals surface area contributed by atoms with E-state index in [2.05, 4.69) is 5.32 Å². The largest absolute Gasteiger partial charge is 0.322 e. The third-order valence-electron chi connectivity index (χ3n) is 4.77. The lowest BCUT2D eigenvalue weighted by molar-refractivity contribution is -0.385. The molecule has 3 aromatic rings. The number of ketones is 2. The van der Waals surface area contributed by atoms with Gasteiger partial charge in [0.25, 0.3) is 11.6 Å². The van der Waals surface area contributed by atoms with E-state index in [0.29, 0.717) is 5.69 Å². The first kappa shape index (κ1) is 18.2. The van der Waals surface area contributed by atoms with Crippen LogP contribution in [-0.2, 0) is 0 Å². The molecule has 7 heteroatoms. The fourth-order valence-electron chi connectivity index (χ4n) is 3.46. The van der Waals surface area contributed by atoms with Crippen molar-refractivity contribution in [3.05, 3.63) is 104 Å². The van der Waals surface area contributed by atoms with Gasteiger partial charge in [0.1, 0.15) is 11.1 Å². The zero-order valence-corrected chi connectivity index (χ0v) is 15.3. The summed E-state index contributed by atoms with van der Waals surface area (Å²) in [6.45, 7) is 1.85. The molecule has 3 aromatic carbocycles.